The molecule has 1 aromatic carbocycles. The first kappa shape index (κ1) is 16.0. The average Bonchev–Trinajstić information content (AvgIpc) is 2.91. The van der Waals surface area contributed by atoms with Gasteiger partial charge >= 0.3 is 12.1 Å². The van der Waals surface area contributed by atoms with E-state index in [-0.39, 0.29) is 6.61 Å². The Labute approximate surface area is 124 Å². The number of carbonyl (C=O) groups excluding carboxylic acids is 2. The maximum atomic E-state index is 12.7. The van der Waals surface area contributed by atoms with Gasteiger partial charge in [-0.2, -0.15) is 18.3 Å². The fourth-order valence-electron chi connectivity index (χ4n) is 2.21. The lowest BCUT2D eigenvalue weighted by molar-refractivity contribution is -0.163. The summed E-state index contributed by atoms with van der Waals surface area (Å²) >= 11 is 0. The van der Waals surface area contributed by atoms with Gasteiger partial charge in [-0.1, -0.05) is 30.3 Å². The standard InChI is InChI=1S/C14H13F3N2O3/c1-2-22-13(21)11-9(8-6-4-3-5-7-8)10(18-19-11)12(20)14(15,16)17/h3-7,9,11,19H,2H2,1H3/t9-,11+/m0/s1. The molecule has 5 nitrogen and oxygen atoms in total. The van der Waals surface area contributed by atoms with E-state index in [0.717, 1.165) is 0 Å². The number of nitrogens with one attached hydrogen (secondary N) is 1. The minimum absolute atomic E-state index is 0.0705. The molecule has 2 rings (SSSR count). The SMILES string of the molecule is CCOC(=O)[C@@H]1NN=C(C(=O)C(F)(F)F)[C@@H]1c1ccccc1. The summed E-state index contributed by atoms with van der Waals surface area (Å²) in [6.45, 7) is 1.65. The first-order chi connectivity index (χ1) is 10.4. The second kappa shape index (κ2) is 6.17. The van der Waals surface area contributed by atoms with Crippen LogP contribution in [0.2, 0.25) is 0 Å². The number of ketones is 1. The molecule has 2 atom stereocenters. The van der Waals surface area contributed by atoms with Gasteiger partial charge in [0.1, 0.15) is 5.71 Å². The van der Waals surface area contributed by atoms with Crippen molar-refractivity contribution in [3.63, 3.8) is 0 Å². The molecule has 8 heteroatoms. The van der Waals surface area contributed by atoms with Crippen molar-refractivity contribution in [3.05, 3.63) is 35.9 Å². The third kappa shape index (κ3) is 3.10. The van der Waals surface area contributed by atoms with Crippen molar-refractivity contribution < 1.29 is 27.5 Å². The summed E-state index contributed by atoms with van der Waals surface area (Å²) in [5.41, 5.74) is 1.92. The molecule has 0 aliphatic carbocycles. The molecule has 0 bridgehead atoms. The number of halogens is 3. The Bertz CT molecular complexity index is 599. The molecule has 0 aromatic heterocycles. The van der Waals surface area contributed by atoms with Crippen molar-refractivity contribution in [2.75, 3.05) is 6.61 Å². The molecule has 1 aromatic rings. The molecule has 1 aliphatic rings. The van der Waals surface area contributed by atoms with Gasteiger partial charge in [-0.3, -0.25) is 10.2 Å². The first-order valence-electron chi connectivity index (χ1n) is 6.52. The van der Waals surface area contributed by atoms with E-state index in [0.29, 0.717) is 5.56 Å². The number of benzene rings is 1. The van der Waals surface area contributed by atoms with E-state index in [4.69, 9.17) is 4.74 Å². The molecule has 0 radical (unpaired) electrons. The van der Waals surface area contributed by atoms with Crippen LogP contribution in [0.1, 0.15) is 18.4 Å². The topological polar surface area (TPSA) is 67.8 Å². The summed E-state index contributed by atoms with van der Waals surface area (Å²) in [7, 11) is 0. The second-order valence-corrected chi connectivity index (χ2v) is 4.57. The summed E-state index contributed by atoms with van der Waals surface area (Å²) in [5, 5.41) is 3.44. The van der Waals surface area contributed by atoms with E-state index in [9.17, 15) is 22.8 Å². The molecule has 0 fully saturated rings. The normalized spacial score (nSPS) is 21.0. The number of rotatable bonds is 4. The van der Waals surface area contributed by atoms with Gasteiger partial charge in [0, 0.05) is 0 Å². The van der Waals surface area contributed by atoms with Crippen LogP contribution >= 0.6 is 0 Å². The Balaban J connectivity index is 2.39. The van der Waals surface area contributed by atoms with Gasteiger partial charge in [0.25, 0.3) is 5.78 Å². The Morgan fingerprint density at radius 2 is 1.91 bits per heavy atom. The van der Waals surface area contributed by atoms with E-state index < -0.39 is 35.6 Å². The number of hydrogen-bond donors (Lipinski definition) is 1. The highest BCUT2D eigenvalue weighted by atomic mass is 19.4. The molecular formula is C14H13F3N2O3. The molecule has 0 amide bonds. The van der Waals surface area contributed by atoms with Crippen LogP contribution < -0.4 is 5.43 Å². The minimum atomic E-state index is -5.06. The summed E-state index contributed by atoms with van der Waals surface area (Å²) in [4.78, 5) is 23.4. The highest BCUT2D eigenvalue weighted by molar-refractivity contribution is 6.44. The van der Waals surface area contributed by atoms with Crippen molar-refractivity contribution in [1.29, 1.82) is 0 Å². The summed E-state index contributed by atoms with van der Waals surface area (Å²) in [6, 6.07) is 6.78. The number of esters is 1. The molecule has 0 unspecified atom stereocenters. The van der Waals surface area contributed by atoms with Crippen LogP contribution in [0.5, 0.6) is 0 Å². The van der Waals surface area contributed by atoms with Crippen molar-refractivity contribution in [3.8, 4) is 0 Å². The maximum Gasteiger partial charge on any atom is 0.456 e. The number of carbonyl (C=O) groups is 2. The van der Waals surface area contributed by atoms with Gasteiger partial charge in [0.2, 0.25) is 0 Å². The molecule has 118 valence electrons. The Morgan fingerprint density at radius 1 is 1.27 bits per heavy atom. The predicted octanol–water partition coefficient (Wildman–Crippen LogP) is 1.79. The Morgan fingerprint density at radius 3 is 2.45 bits per heavy atom. The zero-order chi connectivity index (χ0) is 16.3. The van der Waals surface area contributed by atoms with Gasteiger partial charge in [-0.05, 0) is 12.5 Å². The molecule has 0 spiro atoms. The third-order valence-electron chi connectivity index (χ3n) is 3.14. The highest BCUT2D eigenvalue weighted by Crippen LogP contribution is 2.30. The molecule has 0 saturated heterocycles. The maximum absolute atomic E-state index is 12.7. The van der Waals surface area contributed by atoms with Crippen LogP contribution in [0.4, 0.5) is 13.2 Å². The number of hydrogen-bond acceptors (Lipinski definition) is 5. The van der Waals surface area contributed by atoms with E-state index in [1.54, 1.807) is 25.1 Å². The largest absolute Gasteiger partial charge is 0.464 e. The zero-order valence-electron chi connectivity index (χ0n) is 11.6. The van der Waals surface area contributed by atoms with E-state index in [2.05, 4.69) is 10.5 Å². The summed E-state index contributed by atoms with van der Waals surface area (Å²) in [6.07, 6.45) is -5.06. The lowest BCUT2D eigenvalue weighted by Gasteiger charge is -2.19. The Kier molecular flexibility index (Phi) is 4.48. The monoisotopic (exact) mass is 314 g/mol. The summed E-state index contributed by atoms with van der Waals surface area (Å²) < 4.78 is 42.9. The number of alkyl halides is 3. The van der Waals surface area contributed by atoms with Crippen molar-refractivity contribution in [2.45, 2.75) is 25.1 Å². The van der Waals surface area contributed by atoms with Crippen molar-refractivity contribution in [2.24, 2.45) is 5.10 Å². The second-order valence-electron chi connectivity index (χ2n) is 4.57. The fourth-order valence-corrected chi connectivity index (χ4v) is 2.21. The van der Waals surface area contributed by atoms with Crippen molar-refractivity contribution >= 4 is 17.5 Å². The highest BCUT2D eigenvalue weighted by Gasteiger charge is 2.50. The lowest BCUT2D eigenvalue weighted by Crippen LogP contribution is -2.41. The molecule has 1 aliphatic heterocycles. The summed E-state index contributed by atoms with van der Waals surface area (Å²) in [5.74, 6) is -3.97. The first-order valence-corrected chi connectivity index (χ1v) is 6.52. The zero-order valence-corrected chi connectivity index (χ0v) is 11.6. The van der Waals surface area contributed by atoms with Gasteiger partial charge in [0.05, 0.1) is 12.5 Å². The number of nitrogens with zero attached hydrogens (tertiary/aromatic N) is 1. The predicted molar refractivity (Wildman–Crippen MR) is 71.2 cm³/mol. The van der Waals surface area contributed by atoms with Crippen LogP contribution in [0.25, 0.3) is 0 Å². The minimum Gasteiger partial charge on any atom is -0.464 e. The lowest BCUT2D eigenvalue weighted by atomic mass is 9.86. The van der Waals surface area contributed by atoms with E-state index in [1.165, 1.54) is 12.1 Å². The molecule has 1 heterocycles. The van der Waals surface area contributed by atoms with E-state index in [1.807, 2.05) is 0 Å². The average molecular weight is 314 g/mol. The fraction of sp³-hybridized carbons (Fsp3) is 0.357. The molecule has 1 N–H and O–H groups in total. The van der Waals surface area contributed by atoms with Gasteiger partial charge < -0.3 is 4.74 Å². The molecule has 0 saturated carbocycles. The van der Waals surface area contributed by atoms with E-state index >= 15 is 0 Å². The van der Waals surface area contributed by atoms with Gasteiger partial charge in [-0.25, -0.2) is 4.79 Å². The van der Waals surface area contributed by atoms with Crippen LogP contribution in [-0.2, 0) is 14.3 Å². The Hall–Kier alpha value is -2.38. The van der Waals surface area contributed by atoms with Gasteiger partial charge in [0.15, 0.2) is 6.04 Å². The number of Topliss-reactive ketones (excluding diaryl/α,β-unsaturated/α-hetero) is 1. The smallest absolute Gasteiger partial charge is 0.456 e. The van der Waals surface area contributed by atoms with Crippen LogP contribution in [0, 0.1) is 0 Å². The number of hydrazone groups is 1. The quantitative estimate of drug-likeness (QED) is 0.861. The number of ether oxygens (including phenoxy) is 1. The van der Waals surface area contributed by atoms with Gasteiger partial charge in [-0.15, -0.1) is 0 Å². The van der Waals surface area contributed by atoms with Crippen LogP contribution in [0.3, 0.4) is 0 Å². The molecule has 22 heavy (non-hydrogen) atoms. The third-order valence-corrected chi connectivity index (χ3v) is 3.14. The van der Waals surface area contributed by atoms with Crippen LogP contribution in [0.15, 0.2) is 35.4 Å². The van der Waals surface area contributed by atoms with Crippen LogP contribution in [-0.4, -0.2) is 36.3 Å². The van der Waals surface area contributed by atoms with Crippen molar-refractivity contribution in [1.82, 2.24) is 5.43 Å². The molecular weight excluding hydrogens is 301 g/mol.